The zero-order valence-corrected chi connectivity index (χ0v) is 10.6. The zero-order valence-electron chi connectivity index (χ0n) is 10.6. The Balaban J connectivity index is 2.07. The molecular formula is C13H19N3O2. The van der Waals surface area contributed by atoms with Crippen molar-refractivity contribution in [1.82, 2.24) is 4.98 Å². The average Bonchev–Trinajstić information content (AvgIpc) is 2.39. The van der Waals surface area contributed by atoms with E-state index in [0.29, 0.717) is 11.7 Å². The number of anilines is 1. The van der Waals surface area contributed by atoms with Gasteiger partial charge in [-0.1, -0.05) is 26.2 Å². The highest BCUT2D eigenvalue weighted by molar-refractivity contribution is 5.60. The Hall–Kier alpha value is -1.65. The molecule has 18 heavy (non-hydrogen) atoms. The maximum Gasteiger partial charge on any atom is 0.310 e. The number of rotatable bonds is 4. The van der Waals surface area contributed by atoms with Gasteiger partial charge in [0, 0.05) is 12.2 Å². The normalized spacial score (nSPS) is 23.6. The molecule has 0 radical (unpaired) electrons. The molecule has 1 aromatic rings. The molecule has 0 spiro atoms. The minimum atomic E-state index is -0.380. The number of nitro groups is 1. The predicted molar refractivity (Wildman–Crippen MR) is 70.6 cm³/mol. The van der Waals surface area contributed by atoms with Crippen molar-refractivity contribution < 1.29 is 4.92 Å². The van der Waals surface area contributed by atoms with Crippen molar-refractivity contribution in [2.45, 2.75) is 45.1 Å². The summed E-state index contributed by atoms with van der Waals surface area (Å²) >= 11 is 0. The SMILES string of the molecule is CCC1CCCC(Nc2ccncc2[N+](=O)[O-])C1. The molecule has 0 bridgehead atoms. The van der Waals surface area contributed by atoms with E-state index in [1.165, 1.54) is 25.5 Å². The molecule has 2 atom stereocenters. The van der Waals surface area contributed by atoms with Crippen molar-refractivity contribution in [2.75, 3.05) is 5.32 Å². The number of hydrogen-bond donors (Lipinski definition) is 1. The molecule has 1 aromatic heterocycles. The monoisotopic (exact) mass is 249 g/mol. The molecule has 5 nitrogen and oxygen atoms in total. The van der Waals surface area contributed by atoms with Gasteiger partial charge in [0.25, 0.3) is 0 Å². The number of aromatic nitrogens is 1. The summed E-state index contributed by atoms with van der Waals surface area (Å²) in [7, 11) is 0. The Morgan fingerprint density at radius 2 is 2.39 bits per heavy atom. The van der Waals surface area contributed by atoms with Crippen LogP contribution in [0.2, 0.25) is 0 Å². The van der Waals surface area contributed by atoms with E-state index in [1.807, 2.05) is 0 Å². The molecule has 0 aromatic carbocycles. The lowest BCUT2D eigenvalue weighted by atomic mass is 9.84. The van der Waals surface area contributed by atoms with E-state index >= 15 is 0 Å². The first-order valence-electron chi connectivity index (χ1n) is 6.55. The Kier molecular flexibility index (Phi) is 4.12. The molecule has 1 heterocycles. The third kappa shape index (κ3) is 2.97. The smallest absolute Gasteiger partial charge is 0.310 e. The lowest BCUT2D eigenvalue weighted by Gasteiger charge is -2.29. The first-order chi connectivity index (χ1) is 8.70. The minimum Gasteiger partial charge on any atom is -0.377 e. The van der Waals surface area contributed by atoms with E-state index in [-0.39, 0.29) is 10.6 Å². The van der Waals surface area contributed by atoms with Gasteiger partial charge in [-0.25, -0.2) is 0 Å². The van der Waals surface area contributed by atoms with Crippen LogP contribution in [0.4, 0.5) is 11.4 Å². The second-order valence-corrected chi connectivity index (χ2v) is 4.93. The van der Waals surface area contributed by atoms with Crippen LogP contribution in [0.25, 0.3) is 0 Å². The predicted octanol–water partition coefficient (Wildman–Crippen LogP) is 3.37. The second-order valence-electron chi connectivity index (χ2n) is 4.93. The van der Waals surface area contributed by atoms with Gasteiger partial charge in [-0.05, 0) is 24.8 Å². The van der Waals surface area contributed by atoms with Gasteiger partial charge in [0.15, 0.2) is 0 Å². The molecule has 2 unspecified atom stereocenters. The Morgan fingerprint density at radius 3 is 3.11 bits per heavy atom. The first kappa shape index (κ1) is 12.8. The van der Waals surface area contributed by atoms with Crippen molar-refractivity contribution in [2.24, 2.45) is 5.92 Å². The third-order valence-electron chi connectivity index (χ3n) is 3.72. The van der Waals surface area contributed by atoms with Crippen molar-refractivity contribution in [3.8, 4) is 0 Å². The fourth-order valence-corrected chi connectivity index (χ4v) is 2.67. The molecule has 1 fully saturated rings. The second kappa shape index (κ2) is 5.80. The summed E-state index contributed by atoms with van der Waals surface area (Å²) in [6.07, 6.45) is 8.78. The van der Waals surface area contributed by atoms with Gasteiger partial charge in [-0.15, -0.1) is 0 Å². The summed E-state index contributed by atoms with van der Waals surface area (Å²) < 4.78 is 0. The van der Waals surface area contributed by atoms with Crippen LogP contribution >= 0.6 is 0 Å². The first-order valence-corrected chi connectivity index (χ1v) is 6.55. The standard InChI is InChI=1S/C13H19N3O2/c1-2-10-4-3-5-11(8-10)15-12-6-7-14-9-13(12)16(17)18/h6-7,9-11H,2-5,8H2,1H3,(H,14,15). The molecule has 0 saturated heterocycles. The van der Waals surface area contributed by atoms with Crippen LogP contribution in [0.1, 0.15) is 39.0 Å². The van der Waals surface area contributed by atoms with Gasteiger partial charge >= 0.3 is 5.69 Å². The Bertz CT molecular complexity index is 422. The topological polar surface area (TPSA) is 68.1 Å². The van der Waals surface area contributed by atoms with Crippen LogP contribution < -0.4 is 5.32 Å². The summed E-state index contributed by atoms with van der Waals surface area (Å²) in [5.41, 5.74) is 0.660. The molecule has 1 N–H and O–H groups in total. The molecular weight excluding hydrogens is 230 g/mol. The van der Waals surface area contributed by atoms with Crippen LogP contribution in [-0.2, 0) is 0 Å². The Labute approximate surface area is 107 Å². The highest BCUT2D eigenvalue weighted by Gasteiger charge is 2.23. The van der Waals surface area contributed by atoms with Gasteiger partial charge in [-0.3, -0.25) is 15.1 Å². The quantitative estimate of drug-likeness (QED) is 0.656. The van der Waals surface area contributed by atoms with E-state index in [9.17, 15) is 10.1 Å². The Morgan fingerprint density at radius 1 is 1.56 bits per heavy atom. The number of nitrogens with zero attached hydrogens (tertiary/aromatic N) is 2. The number of nitrogens with one attached hydrogen (secondary N) is 1. The average molecular weight is 249 g/mol. The maximum atomic E-state index is 10.9. The lowest BCUT2D eigenvalue weighted by molar-refractivity contribution is -0.384. The number of pyridine rings is 1. The number of hydrogen-bond acceptors (Lipinski definition) is 4. The molecule has 2 rings (SSSR count). The maximum absolute atomic E-state index is 10.9. The fraction of sp³-hybridized carbons (Fsp3) is 0.615. The van der Waals surface area contributed by atoms with E-state index in [1.54, 1.807) is 12.3 Å². The summed E-state index contributed by atoms with van der Waals surface area (Å²) in [4.78, 5) is 14.3. The molecule has 1 saturated carbocycles. The van der Waals surface area contributed by atoms with Crippen LogP contribution in [0.15, 0.2) is 18.5 Å². The van der Waals surface area contributed by atoms with Crippen LogP contribution in [0.3, 0.4) is 0 Å². The summed E-state index contributed by atoms with van der Waals surface area (Å²) in [5, 5.41) is 14.2. The lowest BCUT2D eigenvalue weighted by Crippen LogP contribution is -2.27. The largest absolute Gasteiger partial charge is 0.377 e. The van der Waals surface area contributed by atoms with Gasteiger partial charge in [0.2, 0.25) is 0 Å². The van der Waals surface area contributed by atoms with Gasteiger partial charge < -0.3 is 5.32 Å². The molecule has 1 aliphatic carbocycles. The van der Waals surface area contributed by atoms with Gasteiger partial charge in [0.1, 0.15) is 11.9 Å². The fourth-order valence-electron chi connectivity index (χ4n) is 2.67. The van der Waals surface area contributed by atoms with E-state index in [4.69, 9.17) is 0 Å². The van der Waals surface area contributed by atoms with Crippen molar-refractivity contribution >= 4 is 11.4 Å². The highest BCUT2D eigenvalue weighted by Crippen LogP contribution is 2.31. The van der Waals surface area contributed by atoms with Gasteiger partial charge in [0.05, 0.1) is 4.92 Å². The van der Waals surface area contributed by atoms with Crippen LogP contribution in [0.5, 0.6) is 0 Å². The van der Waals surface area contributed by atoms with E-state index < -0.39 is 0 Å². The van der Waals surface area contributed by atoms with E-state index in [2.05, 4.69) is 17.2 Å². The summed E-state index contributed by atoms with van der Waals surface area (Å²) in [5.74, 6) is 0.747. The van der Waals surface area contributed by atoms with Crippen molar-refractivity contribution in [3.63, 3.8) is 0 Å². The molecule has 98 valence electrons. The van der Waals surface area contributed by atoms with Crippen molar-refractivity contribution in [1.29, 1.82) is 0 Å². The molecule has 0 aliphatic heterocycles. The van der Waals surface area contributed by atoms with Crippen LogP contribution in [0, 0.1) is 16.0 Å². The van der Waals surface area contributed by atoms with Crippen LogP contribution in [-0.4, -0.2) is 15.9 Å². The third-order valence-corrected chi connectivity index (χ3v) is 3.72. The van der Waals surface area contributed by atoms with Crippen molar-refractivity contribution in [3.05, 3.63) is 28.6 Å². The van der Waals surface area contributed by atoms with Gasteiger partial charge in [-0.2, -0.15) is 0 Å². The summed E-state index contributed by atoms with van der Waals surface area (Å²) in [6.45, 7) is 2.21. The summed E-state index contributed by atoms with van der Waals surface area (Å²) in [6, 6.07) is 2.04. The van der Waals surface area contributed by atoms with E-state index in [0.717, 1.165) is 18.8 Å². The highest BCUT2D eigenvalue weighted by atomic mass is 16.6. The zero-order chi connectivity index (χ0) is 13.0. The molecule has 5 heteroatoms. The molecule has 0 amide bonds. The molecule has 1 aliphatic rings. The minimum absolute atomic E-state index is 0.0659.